The van der Waals surface area contributed by atoms with Crippen LogP contribution in [0.2, 0.25) is 0 Å². The predicted octanol–water partition coefficient (Wildman–Crippen LogP) is 1.46. The molecule has 0 unspecified atom stereocenters. The van der Waals surface area contributed by atoms with Crippen LogP contribution >= 0.6 is 20.2 Å². The van der Waals surface area contributed by atoms with E-state index in [1.807, 2.05) is 0 Å². The van der Waals surface area contributed by atoms with E-state index in [4.69, 9.17) is 3.07 Å². The van der Waals surface area contributed by atoms with Gasteiger partial charge in [0.2, 0.25) is 0 Å². The van der Waals surface area contributed by atoms with Gasteiger partial charge in [-0.3, -0.25) is 0 Å². The first-order valence-corrected chi connectivity index (χ1v) is 6.65. The third-order valence-corrected chi connectivity index (χ3v) is 4.59. The van der Waals surface area contributed by atoms with Gasteiger partial charge in [0.05, 0.1) is 0 Å². The van der Waals surface area contributed by atoms with E-state index in [1.54, 1.807) is 0 Å². The summed E-state index contributed by atoms with van der Waals surface area (Å²) in [5.41, 5.74) is 0. The Kier molecular flexibility index (Phi) is 1.71. The summed E-state index contributed by atoms with van der Waals surface area (Å²) in [6.07, 6.45) is 1.33. The van der Waals surface area contributed by atoms with E-state index in [0.29, 0.717) is 0 Å². The van der Waals surface area contributed by atoms with Crippen molar-refractivity contribution in [2.45, 2.75) is 6.42 Å². The fourth-order valence-corrected chi connectivity index (χ4v) is 3.24. The Morgan fingerprint density at radius 2 is 2.50 bits per heavy atom. The fraction of sp³-hybridized carbons (Fsp3) is 1.00. The normalized spacial score (nSPS) is 28.5. The molecular weight excluding hydrogens is 191 g/mol. The fourth-order valence-electron chi connectivity index (χ4n) is 0.484. The number of alkyl halides is 2. The Bertz CT molecular complexity index is 40.8. The molecule has 0 aromatic rings. The van der Waals surface area contributed by atoms with Gasteiger partial charge in [-0.2, -0.15) is 0 Å². The van der Waals surface area contributed by atoms with Crippen molar-refractivity contribution in [2.24, 2.45) is 0 Å². The van der Waals surface area contributed by atoms with Gasteiger partial charge in [-0.15, -0.1) is 0 Å². The minimum absolute atomic E-state index is 0.690. The van der Waals surface area contributed by atoms with Crippen LogP contribution in [0.15, 0.2) is 0 Å². The van der Waals surface area contributed by atoms with Gasteiger partial charge >= 0.3 is 45.7 Å². The monoisotopic (exact) mass is 200 g/mol. The molecule has 1 aliphatic heterocycles. The van der Waals surface area contributed by atoms with Gasteiger partial charge in [0.25, 0.3) is 0 Å². The van der Waals surface area contributed by atoms with Gasteiger partial charge in [-0.25, -0.2) is 0 Å². The molecule has 0 bridgehead atoms. The van der Waals surface area contributed by atoms with Crippen molar-refractivity contribution in [1.82, 2.24) is 0 Å². The van der Waals surface area contributed by atoms with Crippen molar-refractivity contribution in [1.29, 1.82) is 0 Å². The van der Waals surface area contributed by atoms with E-state index < -0.39 is 20.2 Å². The van der Waals surface area contributed by atoms with Crippen molar-refractivity contribution in [3.05, 3.63) is 0 Å². The average molecular weight is 200 g/mol. The van der Waals surface area contributed by atoms with Crippen LogP contribution in [0.4, 0.5) is 0 Å². The Morgan fingerprint density at radius 3 is 2.67 bits per heavy atom. The third-order valence-electron chi connectivity index (χ3n) is 0.808. The molecule has 0 aliphatic carbocycles. The second kappa shape index (κ2) is 2.12. The molecule has 1 saturated heterocycles. The van der Waals surface area contributed by atoms with Crippen LogP contribution in [0.5, 0.6) is 0 Å². The summed E-state index contributed by atoms with van der Waals surface area (Å²) in [5, 5.41) is 0. The van der Waals surface area contributed by atoms with Crippen LogP contribution in [0.25, 0.3) is 0 Å². The number of hydrogen-bond donors (Lipinski definition) is 0. The topological polar surface area (TPSA) is 9.23 Å². The molecule has 0 saturated carbocycles. The number of rotatable bonds is 0. The molecule has 1 fully saturated rings. The van der Waals surface area contributed by atoms with Crippen molar-refractivity contribution in [2.75, 3.05) is 16.0 Å². The summed E-state index contributed by atoms with van der Waals surface area (Å²) < 4.78 is 6.73. The number of halogens is 1. The molecule has 38 valence electrons. The van der Waals surface area contributed by atoms with Crippen molar-refractivity contribution in [3.8, 4) is 0 Å². The van der Waals surface area contributed by atoms with E-state index in [0.717, 1.165) is 6.61 Å². The minimum atomic E-state index is -0.690. The maximum atomic E-state index is 5.31. The summed E-state index contributed by atoms with van der Waals surface area (Å²) >= 11 is -0.690. The first kappa shape index (κ1) is 4.84. The summed E-state index contributed by atoms with van der Waals surface area (Å²) in [6.45, 7) is 1.06. The standard InChI is InChI=1S/C4H9IO/c1-5-3-2-4-6-5/h2-4H2,1H3. The molecule has 0 amide bonds. The molecule has 2 heteroatoms. The Balaban J connectivity index is 2.18. The summed E-state index contributed by atoms with van der Waals surface area (Å²) in [4.78, 5) is 2.27. The summed E-state index contributed by atoms with van der Waals surface area (Å²) in [6, 6.07) is 0. The second-order valence-corrected chi connectivity index (χ2v) is 6.12. The molecule has 0 aromatic heterocycles. The molecule has 1 heterocycles. The molecule has 0 aromatic carbocycles. The Labute approximate surface area is 46.0 Å². The van der Waals surface area contributed by atoms with Gasteiger partial charge in [0.15, 0.2) is 0 Å². The van der Waals surface area contributed by atoms with E-state index in [-0.39, 0.29) is 0 Å². The van der Waals surface area contributed by atoms with Crippen LogP contribution in [0.3, 0.4) is 0 Å². The zero-order valence-corrected chi connectivity index (χ0v) is 6.07. The Hall–Kier alpha value is 0.690. The molecular formula is C4H9IO. The maximum absolute atomic E-state index is 5.31. The zero-order chi connectivity index (χ0) is 4.41. The van der Waals surface area contributed by atoms with Crippen LogP contribution < -0.4 is 0 Å². The Morgan fingerprint density at radius 1 is 1.67 bits per heavy atom. The van der Waals surface area contributed by atoms with Gasteiger partial charge in [0, 0.05) is 0 Å². The van der Waals surface area contributed by atoms with Gasteiger partial charge in [-0.1, -0.05) is 0 Å². The zero-order valence-electron chi connectivity index (χ0n) is 3.91. The molecule has 1 aliphatic rings. The molecule has 0 spiro atoms. The molecule has 0 N–H and O–H groups in total. The van der Waals surface area contributed by atoms with Crippen LogP contribution in [-0.4, -0.2) is 16.0 Å². The van der Waals surface area contributed by atoms with Crippen LogP contribution in [0.1, 0.15) is 6.42 Å². The van der Waals surface area contributed by atoms with Crippen LogP contribution in [0, 0.1) is 0 Å². The van der Waals surface area contributed by atoms with E-state index in [2.05, 4.69) is 4.93 Å². The first-order valence-electron chi connectivity index (χ1n) is 2.09. The van der Waals surface area contributed by atoms with Gasteiger partial charge in [-0.05, 0) is 0 Å². The summed E-state index contributed by atoms with van der Waals surface area (Å²) in [5.74, 6) is 0. The quantitative estimate of drug-likeness (QED) is 0.424. The molecule has 6 heavy (non-hydrogen) atoms. The SMILES string of the molecule is CI1CCCO1. The van der Waals surface area contributed by atoms with E-state index >= 15 is 0 Å². The predicted molar refractivity (Wildman–Crippen MR) is 35.4 cm³/mol. The molecule has 0 radical (unpaired) electrons. The molecule has 1 rings (SSSR count). The van der Waals surface area contributed by atoms with Gasteiger partial charge in [0.1, 0.15) is 0 Å². The molecule has 1 nitrogen and oxygen atoms in total. The van der Waals surface area contributed by atoms with E-state index in [9.17, 15) is 0 Å². The first-order chi connectivity index (χ1) is 2.89. The van der Waals surface area contributed by atoms with Crippen molar-refractivity contribution >= 4 is 20.2 Å². The molecule has 0 atom stereocenters. The van der Waals surface area contributed by atoms with Crippen molar-refractivity contribution < 1.29 is 3.07 Å². The van der Waals surface area contributed by atoms with Crippen LogP contribution in [-0.2, 0) is 3.07 Å². The summed E-state index contributed by atoms with van der Waals surface area (Å²) in [7, 11) is 0. The second-order valence-electron chi connectivity index (χ2n) is 1.39. The number of hydrogen-bond acceptors (Lipinski definition) is 1. The van der Waals surface area contributed by atoms with E-state index in [1.165, 1.54) is 10.8 Å². The van der Waals surface area contributed by atoms with Gasteiger partial charge < -0.3 is 0 Å². The third kappa shape index (κ3) is 1.08. The van der Waals surface area contributed by atoms with Crippen molar-refractivity contribution in [3.63, 3.8) is 0 Å². The average Bonchev–Trinajstić information content (AvgIpc) is 1.86.